The number of carbonyl (C=O) groups is 2. The molecule has 1 amide bonds. The molecule has 3 aliphatic heterocycles. The Kier molecular flexibility index (Phi) is 4.31. The SMILES string of the molecule is O=C1OCc2nc3c4c(oc3cc21)CN(CC(=O)N1CCN(C2CCC2)CC1)CC4. The van der Waals surface area contributed by atoms with Crippen molar-refractivity contribution in [2.75, 3.05) is 39.3 Å². The van der Waals surface area contributed by atoms with E-state index in [1.807, 2.05) is 4.90 Å². The fourth-order valence-electron chi connectivity index (χ4n) is 5.10. The molecule has 2 aromatic heterocycles. The Morgan fingerprint density at radius 3 is 2.77 bits per heavy atom. The number of esters is 1. The van der Waals surface area contributed by atoms with E-state index in [0.717, 1.165) is 62.0 Å². The normalized spacial score (nSPS) is 22.7. The Balaban J connectivity index is 1.11. The fourth-order valence-corrected chi connectivity index (χ4v) is 5.10. The van der Waals surface area contributed by atoms with E-state index < -0.39 is 0 Å². The van der Waals surface area contributed by atoms with Crippen molar-refractivity contribution in [2.45, 2.75) is 44.9 Å². The number of amides is 1. The number of carbonyl (C=O) groups excluding carboxylic acids is 2. The van der Waals surface area contributed by atoms with Crippen LogP contribution in [0.3, 0.4) is 0 Å². The van der Waals surface area contributed by atoms with E-state index >= 15 is 0 Å². The van der Waals surface area contributed by atoms with Crippen molar-refractivity contribution >= 4 is 23.0 Å². The summed E-state index contributed by atoms with van der Waals surface area (Å²) in [6.45, 7) is 5.76. The molecule has 6 rings (SSSR count). The van der Waals surface area contributed by atoms with Crippen LogP contribution in [-0.4, -0.2) is 76.9 Å². The predicted molar refractivity (Wildman–Crippen MR) is 108 cm³/mol. The number of rotatable bonds is 3. The molecule has 2 fully saturated rings. The molecule has 0 spiro atoms. The maximum absolute atomic E-state index is 12.9. The van der Waals surface area contributed by atoms with E-state index in [1.54, 1.807) is 6.07 Å². The summed E-state index contributed by atoms with van der Waals surface area (Å²) >= 11 is 0. The van der Waals surface area contributed by atoms with Crippen molar-refractivity contribution < 1.29 is 18.7 Å². The molecule has 0 radical (unpaired) electrons. The van der Waals surface area contributed by atoms with Crippen LogP contribution < -0.4 is 0 Å². The van der Waals surface area contributed by atoms with Crippen LogP contribution in [0.4, 0.5) is 0 Å². The van der Waals surface area contributed by atoms with Crippen molar-refractivity contribution in [2.24, 2.45) is 0 Å². The second kappa shape index (κ2) is 7.06. The van der Waals surface area contributed by atoms with Crippen LogP contribution >= 0.6 is 0 Å². The minimum absolute atomic E-state index is 0.211. The van der Waals surface area contributed by atoms with Gasteiger partial charge in [-0.3, -0.25) is 14.6 Å². The summed E-state index contributed by atoms with van der Waals surface area (Å²) in [6, 6.07) is 2.51. The number of ether oxygens (including phenoxy) is 1. The summed E-state index contributed by atoms with van der Waals surface area (Å²) in [5.74, 6) is 0.740. The molecule has 0 unspecified atom stereocenters. The van der Waals surface area contributed by atoms with Crippen LogP contribution in [-0.2, 0) is 29.1 Å². The molecule has 0 N–H and O–H groups in total. The molecule has 5 heterocycles. The van der Waals surface area contributed by atoms with Crippen molar-refractivity contribution in [1.29, 1.82) is 0 Å². The lowest BCUT2D eigenvalue weighted by molar-refractivity contribution is -0.135. The summed E-state index contributed by atoms with van der Waals surface area (Å²) in [5, 5.41) is 0. The molecule has 0 aromatic carbocycles. The number of furan rings is 1. The highest BCUT2D eigenvalue weighted by Crippen LogP contribution is 2.32. The summed E-state index contributed by atoms with van der Waals surface area (Å²) in [7, 11) is 0. The van der Waals surface area contributed by atoms with E-state index in [2.05, 4.69) is 14.8 Å². The van der Waals surface area contributed by atoms with Crippen LogP contribution in [0.2, 0.25) is 0 Å². The first kappa shape index (κ1) is 18.3. The number of piperazine rings is 1. The Bertz CT molecular complexity index is 1020. The molecule has 1 aliphatic carbocycles. The highest BCUT2D eigenvalue weighted by atomic mass is 16.5. The molecule has 0 bridgehead atoms. The predicted octanol–water partition coefficient (Wildman–Crippen LogP) is 1.55. The second-order valence-electron chi connectivity index (χ2n) is 8.87. The highest BCUT2D eigenvalue weighted by Gasteiger charge is 2.32. The highest BCUT2D eigenvalue weighted by molar-refractivity contribution is 5.96. The molecular formula is C22H26N4O4. The van der Waals surface area contributed by atoms with E-state index in [4.69, 9.17) is 9.15 Å². The van der Waals surface area contributed by atoms with Crippen molar-refractivity contribution in [1.82, 2.24) is 19.7 Å². The molecule has 8 heteroatoms. The first-order valence-electron chi connectivity index (χ1n) is 11.0. The number of aromatic nitrogens is 1. The van der Waals surface area contributed by atoms with Gasteiger partial charge in [0.15, 0.2) is 5.58 Å². The molecule has 158 valence electrons. The quantitative estimate of drug-likeness (QED) is 0.711. The van der Waals surface area contributed by atoms with Gasteiger partial charge in [-0.15, -0.1) is 0 Å². The molecule has 0 atom stereocenters. The van der Waals surface area contributed by atoms with Gasteiger partial charge in [0.05, 0.1) is 24.3 Å². The Hall–Kier alpha value is -2.45. The molecule has 4 aliphatic rings. The number of nitrogens with zero attached hydrogens (tertiary/aromatic N) is 4. The monoisotopic (exact) mass is 410 g/mol. The molecule has 1 saturated heterocycles. The van der Waals surface area contributed by atoms with Gasteiger partial charge >= 0.3 is 5.97 Å². The van der Waals surface area contributed by atoms with Gasteiger partial charge in [-0.05, 0) is 25.3 Å². The van der Waals surface area contributed by atoms with E-state index in [1.165, 1.54) is 19.3 Å². The van der Waals surface area contributed by atoms with E-state index in [0.29, 0.717) is 29.9 Å². The zero-order valence-corrected chi connectivity index (χ0v) is 17.1. The summed E-state index contributed by atoms with van der Waals surface area (Å²) in [5.41, 5.74) is 3.76. The first-order chi connectivity index (χ1) is 14.7. The standard InChI is InChI=1S/C22H26N4O4/c27-20(26-8-6-25(7-9-26)14-2-1-3-14)12-24-5-4-15-19(11-24)30-18-10-16-17(23-21(15)18)13-29-22(16)28/h10,14H,1-9,11-13H2. The first-order valence-corrected chi connectivity index (χ1v) is 11.0. The Morgan fingerprint density at radius 2 is 2.00 bits per heavy atom. The third-order valence-corrected chi connectivity index (χ3v) is 7.14. The van der Waals surface area contributed by atoms with Crippen molar-refractivity contribution in [3.8, 4) is 0 Å². The van der Waals surface area contributed by atoms with Gasteiger partial charge in [-0.2, -0.15) is 0 Å². The molecular weight excluding hydrogens is 384 g/mol. The van der Waals surface area contributed by atoms with Crippen LogP contribution in [0.25, 0.3) is 11.1 Å². The zero-order chi connectivity index (χ0) is 20.2. The van der Waals surface area contributed by atoms with Crippen molar-refractivity contribution in [3.63, 3.8) is 0 Å². The lowest BCUT2D eigenvalue weighted by Crippen LogP contribution is -2.55. The van der Waals surface area contributed by atoms with Gasteiger partial charge in [0.25, 0.3) is 0 Å². The second-order valence-corrected chi connectivity index (χ2v) is 8.87. The van der Waals surface area contributed by atoms with Gasteiger partial charge in [-0.1, -0.05) is 6.42 Å². The summed E-state index contributed by atoms with van der Waals surface area (Å²) in [4.78, 5) is 36.0. The minimum Gasteiger partial charge on any atom is -0.458 e. The lowest BCUT2D eigenvalue weighted by atomic mass is 9.91. The van der Waals surface area contributed by atoms with Gasteiger partial charge < -0.3 is 14.1 Å². The number of hydrogen-bond donors (Lipinski definition) is 0. The third kappa shape index (κ3) is 3.01. The van der Waals surface area contributed by atoms with E-state index in [-0.39, 0.29) is 18.5 Å². The van der Waals surface area contributed by atoms with Crippen LogP contribution in [0, 0.1) is 0 Å². The fraction of sp³-hybridized carbons (Fsp3) is 0.591. The Labute approximate surface area is 174 Å². The minimum atomic E-state index is -0.335. The van der Waals surface area contributed by atoms with Crippen LogP contribution in [0.5, 0.6) is 0 Å². The van der Waals surface area contributed by atoms with Gasteiger partial charge in [0.1, 0.15) is 17.9 Å². The molecule has 2 aromatic rings. The van der Waals surface area contributed by atoms with E-state index in [9.17, 15) is 9.59 Å². The van der Waals surface area contributed by atoms with Gasteiger partial charge in [0.2, 0.25) is 5.91 Å². The van der Waals surface area contributed by atoms with Crippen molar-refractivity contribution in [3.05, 3.63) is 28.6 Å². The number of pyridine rings is 1. The number of fused-ring (bicyclic) bond motifs is 4. The molecule has 30 heavy (non-hydrogen) atoms. The maximum atomic E-state index is 12.9. The van der Waals surface area contributed by atoms with Gasteiger partial charge in [-0.25, -0.2) is 9.78 Å². The Morgan fingerprint density at radius 1 is 1.17 bits per heavy atom. The average molecular weight is 410 g/mol. The molecule has 8 nitrogen and oxygen atoms in total. The van der Waals surface area contributed by atoms with Crippen LogP contribution in [0.15, 0.2) is 10.5 Å². The summed E-state index contributed by atoms with van der Waals surface area (Å²) < 4.78 is 11.1. The number of cyclic esters (lactones) is 1. The third-order valence-electron chi connectivity index (χ3n) is 7.14. The topological polar surface area (TPSA) is 79.1 Å². The largest absolute Gasteiger partial charge is 0.458 e. The molecule has 1 saturated carbocycles. The smallest absolute Gasteiger partial charge is 0.340 e. The van der Waals surface area contributed by atoms with Crippen LogP contribution in [0.1, 0.15) is 46.6 Å². The lowest BCUT2D eigenvalue weighted by Gasteiger charge is -2.43. The van der Waals surface area contributed by atoms with Gasteiger partial charge in [0, 0.05) is 44.3 Å². The maximum Gasteiger partial charge on any atom is 0.340 e. The summed E-state index contributed by atoms with van der Waals surface area (Å²) in [6.07, 6.45) is 4.79. The zero-order valence-electron chi connectivity index (χ0n) is 17.1. The number of hydrogen-bond acceptors (Lipinski definition) is 7. The average Bonchev–Trinajstić information content (AvgIpc) is 3.25.